The number of amides is 1. The fraction of sp³-hybridized carbons (Fsp3) is 0.611. The van der Waals surface area contributed by atoms with Crippen LogP contribution in [-0.4, -0.2) is 19.0 Å². The number of hydrogen-bond donors (Lipinski definition) is 2. The molecule has 1 amide bonds. The summed E-state index contributed by atoms with van der Waals surface area (Å²) in [6.07, 6.45) is 2.29. The number of benzene rings is 1. The number of nitrogens with one attached hydrogen (secondary N) is 2. The Morgan fingerprint density at radius 2 is 2.10 bits per heavy atom. The van der Waals surface area contributed by atoms with Crippen LogP contribution in [0.3, 0.4) is 0 Å². The smallest absolute Gasteiger partial charge is 0.226 e. The van der Waals surface area contributed by atoms with Crippen molar-refractivity contribution in [3.05, 3.63) is 35.4 Å². The Labute approximate surface area is 128 Å². The lowest BCUT2D eigenvalue weighted by Gasteiger charge is -2.37. The lowest BCUT2D eigenvalue weighted by Crippen LogP contribution is -2.47. The molecule has 1 fully saturated rings. The van der Waals surface area contributed by atoms with Crippen LogP contribution in [0.1, 0.15) is 50.8 Å². The lowest BCUT2D eigenvalue weighted by atomic mass is 9.74. The molecule has 21 heavy (non-hydrogen) atoms. The molecule has 0 spiro atoms. The van der Waals surface area contributed by atoms with Crippen molar-refractivity contribution in [2.75, 3.05) is 13.1 Å². The molecule has 1 aliphatic heterocycles. The van der Waals surface area contributed by atoms with Gasteiger partial charge in [-0.2, -0.15) is 0 Å². The Hall–Kier alpha value is -1.35. The van der Waals surface area contributed by atoms with Crippen molar-refractivity contribution < 1.29 is 4.79 Å². The average molecular weight is 288 g/mol. The number of rotatable bonds is 4. The second-order valence-electron chi connectivity index (χ2n) is 6.82. The Kier molecular flexibility index (Phi) is 5.04. The minimum atomic E-state index is -0.329. The van der Waals surface area contributed by atoms with E-state index in [1.165, 1.54) is 11.1 Å². The maximum absolute atomic E-state index is 12.7. The van der Waals surface area contributed by atoms with Crippen molar-refractivity contribution in [3.63, 3.8) is 0 Å². The van der Waals surface area contributed by atoms with E-state index >= 15 is 0 Å². The molecule has 3 nitrogen and oxygen atoms in total. The first-order valence-electron chi connectivity index (χ1n) is 8.00. The van der Waals surface area contributed by atoms with Gasteiger partial charge in [-0.15, -0.1) is 0 Å². The standard InChI is InChI=1S/C18H28N2O/c1-13-8-5-6-10-16(13)14(2)20-17(21)18(3,4)15-9-7-11-19-12-15/h5-6,8,10,14-15,19H,7,9,11-12H2,1-4H3,(H,20,21). The molecule has 0 aromatic heterocycles. The summed E-state index contributed by atoms with van der Waals surface area (Å²) >= 11 is 0. The second kappa shape index (κ2) is 6.61. The minimum Gasteiger partial charge on any atom is -0.349 e. The van der Waals surface area contributed by atoms with Crippen LogP contribution in [0.15, 0.2) is 24.3 Å². The normalized spacial score (nSPS) is 20.9. The van der Waals surface area contributed by atoms with Gasteiger partial charge in [0.15, 0.2) is 0 Å². The zero-order valence-corrected chi connectivity index (χ0v) is 13.7. The summed E-state index contributed by atoms with van der Waals surface area (Å²) in [4.78, 5) is 12.7. The van der Waals surface area contributed by atoms with Gasteiger partial charge in [-0.05, 0) is 56.8 Å². The Bertz CT molecular complexity index is 490. The average Bonchev–Trinajstić information content (AvgIpc) is 2.48. The summed E-state index contributed by atoms with van der Waals surface area (Å²) in [5, 5.41) is 6.62. The van der Waals surface area contributed by atoms with Gasteiger partial charge in [0, 0.05) is 5.41 Å². The quantitative estimate of drug-likeness (QED) is 0.893. The maximum Gasteiger partial charge on any atom is 0.226 e. The van der Waals surface area contributed by atoms with Gasteiger partial charge in [0.2, 0.25) is 5.91 Å². The molecule has 3 heteroatoms. The summed E-state index contributed by atoms with van der Waals surface area (Å²) in [7, 11) is 0. The van der Waals surface area contributed by atoms with Crippen molar-refractivity contribution >= 4 is 5.91 Å². The molecule has 1 saturated heterocycles. The predicted molar refractivity (Wildman–Crippen MR) is 87.1 cm³/mol. The third-order valence-corrected chi connectivity index (χ3v) is 4.91. The van der Waals surface area contributed by atoms with Crippen LogP contribution in [0.25, 0.3) is 0 Å². The van der Waals surface area contributed by atoms with Crippen LogP contribution in [-0.2, 0) is 4.79 Å². The Morgan fingerprint density at radius 3 is 2.71 bits per heavy atom. The number of aryl methyl sites for hydroxylation is 1. The number of carbonyl (C=O) groups excluding carboxylic acids is 1. The van der Waals surface area contributed by atoms with Gasteiger partial charge in [0.25, 0.3) is 0 Å². The van der Waals surface area contributed by atoms with Crippen LogP contribution < -0.4 is 10.6 Å². The topological polar surface area (TPSA) is 41.1 Å². The van der Waals surface area contributed by atoms with E-state index in [-0.39, 0.29) is 17.4 Å². The van der Waals surface area contributed by atoms with Gasteiger partial charge in [-0.1, -0.05) is 38.1 Å². The summed E-state index contributed by atoms with van der Waals surface area (Å²) in [6, 6.07) is 8.30. The summed E-state index contributed by atoms with van der Waals surface area (Å²) in [5.41, 5.74) is 2.09. The summed E-state index contributed by atoms with van der Waals surface area (Å²) < 4.78 is 0. The van der Waals surface area contributed by atoms with E-state index in [0.717, 1.165) is 25.9 Å². The first kappa shape index (κ1) is 16.0. The zero-order chi connectivity index (χ0) is 15.5. The monoisotopic (exact) mass is 288 g/mol. The lowest BCUT2D eigenvalue weighted by molar-refractivity contribution is -0.133. The molecule has 1 heterocycles. The Morgan fingerprint density at radius 1 is 1.38 bits per heavy atom. The van der Waals surface area contributed by atoms with Gasteiger partial charge in [-0.25, -0.2) is 0 Å². The molecule has 2 unspecified atom stereocenters. The van der Waals surface area contributed by atoms with E-state index in [4.69, 9.17) is 0 Å². The largest absolute Gasteiger partial charge is 0.349 e. The molecule has 0 aliphatic carbocycles. The fourth-order valence-electron chi connectivity index (χ4n) is 3.19. The van der Waals surface area contributed by atoms with Crippen LogP contribution in [0.5, 0.6) is 0 Å². The highest BCUT2D eigenvalue weighted by atomic mass is 16.2. The summed E-state index contributed by atoms with van der Waals surface area (Å²) in [5.74, 6) is 0.572. The van der Waals surface area contributed by atoms with Crippen LogP contribution in [0.2, 0.25) is 0 Å². The van der Waals surface area contributed by atoms with Crippen LogP contribution in [0.4, 0.5) is 0 Å². The minimum absolute atomic E-state index is 0.0505. The highest BCUT2D eigenvalue weighted by molar-refractivity contribution is 5.82. The SMILES string of the molecule is Cc1ccccc1C(C)NC(=O)C(C)(C)C1CCCNC1. The molecule has 0 saturated carbocycles. The van der Waals surface area contributed by atoms with Crippen LogP contribution in [0, 0.1) is 18.3 Å². The molecule has 1 aromatic carbocycles. The second-order valence-corrected chi connectivity index (χ2v) is 6.82. The van der Waals surface area contributed by atoms with Gasteiger partial charge < -0.3 is 10.6 Å². The third-order valence-electron chi connectivity index (χ3n) is 4.91. The first-order chi connectivity index (χ1) is 9.93. The van der Waals surface area contributed by atoms with Gasteiger partial charge in [0.05, 0.1) is 6.04 Å². The highest BCUT2D eigenvalue weighted by Gasteiger charge is 2.37. The molecule has 2 rings (SSSR count). The molecule has 0 radical (unpaired) electrons. The number of hydrogen-bond acceptors (Lipinski definition) is 2. The van der Waals surface area contributed by atoms with E-state index in [1.807, 2.05) is 12.1 Å². The van der Waals surface area contributed by atoms with E-state index in [0.29, 0.717) is 5.92 Å². The zero-order valence-electron chi connectivity index (χ0n) is 13.7. The third kappa shape index (κ3) is 3.65. The van der Waals surface area contributed by atoms with Gasteiger partial charge in [0.1, 0.15) is 0 Å². The van der Waals surface area contributed by atoms with E-state index in [9.17, 15) is 4.79 Å². The maximum atomic E-state index is 12.7. The molecule has 2 atom stereocenters. The van der Waals surface area contributed by atoms with E-state index < -0.39 is 0 Å². The van der Waals surface area contributed by atoms with Crippen molar-refractivity contribution in [3.8, 4) is 0 Å². The van der Waals surface area contributed by atoms with Crippen molar-refractivity contribution in [2.45, 2.75) is 46.6 Å². The van der Waals surface area contributed by atoms with Crippen molar-refractivity contribution in [2.24, 2.45) is 11.3 Å². The van der Waals surface area contributed by atoms with Gasteiger partial charge >= 0.3 is 0 Å². The molecule has 1 aliphatic rings. The first-order valence-corrected chi connectivity index (χ1v) is 8.00. The van der Waals surface area contributed by atoms with Gasteiger partial charge in [-0.3, -0.25) is 4.79 Å². The fourth-order valence-corrected chi connectivity index (χ4v) is 3.19. The molecule has 1 aromatic rings. The number of piperidine rings is 1. The predicted octanol–water partition coefficient (Wildman–Crippen LogP) is 3.20. The molecular formula is C18H28N2O. The molecule has 2 N–H and O–H groups in total. The highest BCUT2D eigenvalue weighted by Crippen LogP contribution is 2.32. The van der Waals surface area contributed by atoms with Crippen LogP contribution >= 0.6 is 0 Å². The van der Waals surface area contributed by atoms with E-state index in [2.05, 4.69) is 50.5 Å². The molecule has 0 bridgehead atoms. The molecule has 116 valence electrons. The number of carbonyl (C=O) groups is 1. The van der Waals surface area contributed by atoms with Crippen molar-refractivity contribution in [1.29, 1.82) is 0 Å². The van der Waals surface area contributed by atoms with E-state index in [1.54, 1.807) is 0 Å². The Balaban J connectivity index is 2.04. The van der Waals surface area contributed by atoms with Crippen molar-refractivity contribution in [1.82, 2.24) is 10.6 Å². The summed E-state index contributed by atoms with van der Waals surface area (Å²) in [6.45, 7) is 10.3. The molecular weight excluding hydrogens is 260 g/mol.